The van der Waals surface area contributed by atoms with Crippen molar-refractivity contribution < 1.29 is 28.6 Å². The van der Waals surface area contributed by atoms with Gasteiger partial charge in [-0.25, -0.2) is 0 Å². The minimum absolute atomic E-state index is 0.0905. The molecule has 0 fully saturated rings. The number of hydrogen-bond acceptors (Lipinski definition) is 6. The van der Waals surface area contributed by atoms with E-state index in [1.165, 1.54) is 103 Å². The van der Waals surface area contributed by atoms with Gasteiger partial charge in [-0.05, 0) is 109 Å². The quantitative estimate of drug-likeness (QED) is 0.0262. The monoisotopic (exact) mass is 933 g/mol. The first-order valence-electron chi connectivity index (χ1n) is 28.1. The number of ether oxygens (including phenoxy) is 3. The summed E-state index contributed by atoms with van der Waals surface area (Å²) in [6.45, 7) is 6.45. The fourth-order valence-corrected chi connectivity index (χ4v) is 7.62. The SMILES string of the molecule is CC/C=C\C/C=C\C/C=C\CCCCCCCC(=O)OC(COC(=O)CCCCCCC/C=C\CCCC)COC(=O)CCCCCCCCCC/C=C\C/C=C\C/C=C\CCCCCCC. The Balaban J connectivity index is 4.34. The highest BCUT2D eigenvalue weighted by molar-refractivity contribution is 5.71. The largest absolute Gasteiger partial charge is 0.462 e. The lowest BCUT2D eigenvalue weighted by Gasteiger charge is -2.18. The third-order valence-electron chi connectivity index (χ3n) is 11.9. The predicted octanol–water partition coefficient (Wildman–Crippen LogP) is 18.8. The van der Waals surface area contributed by atoms with Crippen molar-refractivity contribution >= 4 is 17.9 Å². The zero-order chi connectivity index (χ0) is 48.6. The van der Waals surface area contributed by atoms with E-state index in [0.29, 0.717) is 19.3 Å². The molecule has 0 amide bonds. The number of rotatable bonds is 50. The number of hydrogen-bond donors (Lipinski definition) is 0. The van der Waals surface area contributed by atoms with E-state index in [9.17, 15) is 14.4 Å². The molecular weight excluding hydrogens is 829 g/mol. The Morgan fingerprint density at radius 1 is 0.313 bits per heavy atom. The third kappa shape index (κ3) is 53.4. The molecule has 384 valence electrons. The van der Waals surface area contributed by atoms with Crippen molar-refractivity contribution in [2.45, 2.75) is 271 Å². The number of carbonyl (C=O) groups excluding carboxylic acids is 3. The van der Waals surface area contributed by atoms with Gasteiger partial charge >= 0.3 is 17.9 Å². The molecule has 0 N–H and O–H groups in total. The van der Waals surface area contributed by atoms with Crippen LogP contribution in [0.3, 0.4) is 0 Å². The second-order valence-electron chi connectivity index (χ2n) is 18.5. The van der Waals surface area contributed by atoms with Gasteiger partial charge < -0.3 is 14.2 Å². The highest BCUT2D eigenvalue weighted by Gasteiger charge is 2.19. The number of esters is 3. The van der Waals surface area contributed by atoms with Gasteiger partial charge in [0.2, 0.25) is 0 Å². The minimum Gasteiger partial charge on any atom is -0.462 e. The summed E-state index contributed by atoms with van der Waals surface area (Å²) in [7, 11) is 0. The second kappa shape index (κ2) is 55.2. The summed E-state index contributed by atoms with van der Waals surface area (Å²) in [5.74, 6) is -0.922. The summed E-state index contributed by atoms with van der Waals surface area (Å²) >= 11 is 0. The van der Waals surface area contributed by atoms with Crippen LogP contribution in [-0.2, 0) is 28.6 Å². The fourth-order valence-electron chi connectivity index (χ4n) is 7.62. The molecule has 0 saturated carbocycles. The summed E-state index contributed by atoms with van der Waals surface area (Å²) < 4.78 is 16.8. The van der Waals surface area contributed by atoms with E-state index < -0.39 is 6.10 Å². The van der Waals surface area contributed by atoms with Gasteiger partial charge in [0.25, 0.3) is 0 Å². The highest BCUT2D eigenvalue weighted by atomic mass is 16.6. The molecule has 1 atom stereocenters. The van der Waals surface area contributed by atoms with Crippen molar-refractivity contribution in [1.82, 2.24) is 0 Å². The molecule has 0 spiro atoms. The molecule has 0 radical (unpaired) electrons. The highest BCUT2D eigenvalue weighted by Crippen LogP contribution is 2.14. The summed E-state index contributed by atoms with van der Waals surface area (Å²) in [5, 5.41) is 0. The summed E-state index contributed by atoms with van der Waals surface area (Å²) in [4.78, 5) is 38.0. The molecule has 0 aromatic carbocycles. The van der Waals surface area contributed by atoms with E-state index >= 15 is 0 Å². The fraction of sp³-hybridized carbons (Fsp3) is 0.721. The topological polar surface area (TPSA) is 78.9 Å². The Labute approximate surface area is 414 Å². The van der Waals surface area contributed by atoms with Crippen molar-refractivity contribution in [2.75, 3.05) is 13.2 Å². The van der Waals surface area contributed by atoms with Crippen LogP contribution in [-0.4, -0.2) is 37.2 Å². The van der Waals surface area contributed by atoms with E-state index in [2.05, 4.69) is 106 Å². The molecule has 67 heavy (non-hydrogen) atoms. The van der Waals surface area contributed by atoms with E-state index in [1.807, 2.05) is 0 Å². The van der Waals surface area contributed by atoms with Crippen molar-refractivity contribution in [3.63, 3.8) is 0 Å². The van der Waals surface area contributed by atoms with Crippen LogP contribution in [0.25, 0.3) is 0 Å². The molecule has 0 bridgehead atoms. The molecule has 0 rings (SSSR count). The average Bonchev–Trinajstić information content (AvgIpc) is 3.33. The second-order valence-corrected chi connectivity index (χ2v) is 18.5. The lowest BCUT2D eigenvalue weighted by atomic mass is 10.1. The van der Waals surface area contributed by atoms with Gasteiger partial charge in [0, 0.05) is 19.3 Å². The average molecular weight is 933 g/mol. The van der Waals surface area contributed by atoms with Gasteiger partial charge in [-0.1, -0.05) is 221 Å². The minimum atomic E-state index is -0.792. The van der Waals surface area contributed by atoms with E-state index in [0.717, 1.165) is 122 Å². The summed E-state index contributed by atoms with van der Waals surface area (Å²) in [6.07, 6.45) is 71.5. The smallest absolute Gasteiger partial charge is 0.306 e. The van der Waals surface area contributed by atoms with Crippen molar-refractivity contribution in [2.24, 2.45) is 0 Å². The summed E-state index contributed by atoms with van der Waals surface area (Å²) in [6, 6.07) is 0. The van der Waals surface area contributed by atoms with E-state index in [4.69, 9.17) is 14.2 Å². The van der Waals surface area contributed by atoms with Crippen LogP contribution in [0, 0.1) is 0 Å². The zero-order valence-electron chi connectivity index (χ0n) is 43.9. The molecule has 0 aliphatic rings. The zero-order valence-corrected chi connectivity index (χ0v) is 43.9. The third-order valence-corrected chi connectivity index (χ3v) is 11.9. The molecule has 0 aliphatic heterocycles. The maximum absolute atomic E-state index is 12.8. The van der Waals surface area contributed by atoms with Gasteiger partial charge in [-0.15, -0.1) is 0 Å². The molecule has 0 saturated heterocycles. The van der Waals surface area contributed by atoms with Gasteiger partial charge in [0.05, 0.1) is 0 Å². The molecule has 0 aromatic heterocycles. The number of allylic oxidation sites excluding steroid dienone is 14. The molecule has 0 aliphatic carbocycles. The molecule has 6 heteroatoms. The standard InChI is InChI=1S/C61H104O6/c1-4-7-10-13-16-19-22-24-26-27-28-29-30-31-32-33-35-36-39-42-45-48-51-54-60(63)66-57-58(56-65-59(62)53-50-47-44-41-38-21-18-15-12-9-6-3)67-61(64)55-52-49-46-43-40-37-34-25-23-20-17-14-11-8-5-2/h8,11,15,17-18,20,22,24-25,27-28,30-31,34,58H,4-7,9-10,12-14,16,19,21,23,26,29,32-33,35-57H2,1-3H3/b11-8-,18-15-,20-17-,24-22-,28-27-,31-30-,34-25-. The van der Waals surface area contributed by atoms with E-state index in [-0.39, 0.29) is 31.1 Å². The van der Waals surface area contributed by atoms with Crippen LogP contribution in [0.2, 0.25) is 0 Å². The first-order valence-corrected chi connectivity index (χ1v) is 28.1. The molecular formula is C61H104O6. The lowest BCUT2D eigenvalue weighted by molar-refractivity contribution is -0.167. The predicted molar refractivity (Wildman–Crippen MR) is 288 cm³/mol. The number of unbranched alkanes of at least 4 members (excludes halogenated alkanes) is 25. The van der Waals surface area contributed by atoms with Crippen LogP contribution in [0.15, 0.2) is 85.1 Å². The molecule has 0 heterocycles. The summed E-state index contributed by atoms with van der Waals surface area (Å²) in [5.41, 5.74) is 0. The maximum Gasteiger partial charge on any atom is 0.306 e. The Kier molecular flexibility index (Phi) is 52.4. The van der Waals surface area contributed by atoms with Crippen molar-refractivity contribution in [3.05, 3.63) is 85.1 Å². The van der Waals surface area contributed by atoms with Crippen molar-refractivity contribution in [3.8, 4) is 0 Å². The van der Waals surface area contributed by atoms with Gasteiger partial charge in [-0.3, -0.25) is 14.4 Å². The van der Waals surface area contributed by atoms with Crippen LogP contribution < -0.4 is 0 Å². The van der Waals surface area contributed by atoms with Crippen LogP contribution in [0.4, 0.5) is 0 Å². The Morgan fingerprint density at radius 3 is 0.970 bits per heavy atom. The lowest BCUT2D eigenvalue weighted by Crippen LogP contribution is -2.30. The maximum atomic E-state index is 12.8. The molecule has 1 unspecified atom stereocenters. The van der Waals surface area contributed by atoms with Crippen molar-refractivity contribution in [1.29, 1.82) is 0 Å². The normalized spacial score (nSPS) is 12.7. The van der Waals surface area contributed by atoms with E-state index in [1.54, 1.807) is 0 Å². The van der Waals surface area contributed by atoms with Gasteiger partial charge in [-0.2, -0.15) is 0 Å². The number of carbonyl (C=O) groups is 3. The van der Waals surface area contributed by atoms with Crippen LogP contribution >= 0.6 is 0 Å². The Hall–Kier alpha value is -3.41. The Morgan fingerprint density at radius 2 is 0.597 bits per heavy atom. The Bertz CT molecular complexity index is 1300. The van der Waals surface area contributed by atoms with Crippen LogP contribution in [0.5, 0.6) is 0 Å². The molecule has 6 nitrogen and oxygen atoms in total. The first kappa shape index (κ1) is 63.6. The molecule has 0 aromatic rings. The van der Waals surface area contributed by atoms with Gasteiger partial charge in [0.15, 0.2) is 6.10 Å². The van der Waals surface area contributed by atoms with Gasteiger partial charge in [0.1, 0.15) is 13.2 Å². The first-order chi connectivity index (χ1) is 33.0. The van der Waals surface area contributed by atoms with Crippen LogP contribution in [0.1, 0.15) is 265 Å².